The van der Waals surface area contributed by atoms with Crippen LogP contribution in [0, 0.1) is 0 Å². The van der Waals surface area contributed by atoms with Gasteiger partial charge in [-0.2, -0.15) is 0 Å². The first-order valence-electron chi connectivity index (χ1n) is 2.16. The molecule has 7 heavy (non-hydrogen) atoms. The van der Waals surface area contributed by atoms with Crippen molar-refractivity contribution < 1.29 is 9.84 Å². The zero-order valence-corrected chi connectivity index (χ0v) is 4.82. The lowest BCUT2D eigenvalue weighted by Crippen LogP contribution is -1.93. The van der Waals surface area contributed by atoms with Gasteiger partial charge in [0.05, 0.1) is 6.61 Å². The maximum Gasteiger partial charge on any atom is 0.120 e. The van der Waals surface area contributed by atoms with Crippen LogP contribution in [0.4, 0.5) is 0 Å². The number of hydrogen-bond acceptors (Lipinski definition) is 2. The van der Waals surface area contributed by atoms with Gasteiger partial charge in [0, 0.05) is 6.61 Å². The van der Waals surface area contributed by atoms with Crippen molar-refractivity contribution in [3.63, 3.8) is 0 Å². The Morgan fingerprint density at radius 3 is 2.71 bits per heavy atom. The quantitative estimate of drug-likeness (QED) is 0.439. The predicted molar refractivity (Wildman–Crippen MR) is 28.4 cm³/mol. The third-order valence-electron chi connectivity index (χ3n) is 0.524. The fraction of sp³-hybridized carbons (Fsp3) is 1.00. The molecule has 0 aliphatic carbocycles. The molecule has 0 saturated heterocycles. The van der Waals surface area contributed by atoms with Crippen LogP contribution in [0.3, 0.4) is 0 Å². The van der Waals surface area contributed by atoms with E-state index in [1.807, 2.05) is 0 Å². The highest BCUT2D eigenvalue weighted by atomic mass is 35.5. The minimum atomic E-state index is 0.177. The van der Waals surface area contributed by atoms with Crippen LogP contribution in [0.2, 0.25) is 0 Å². The number of alkyl halides is 1. The molecular weight excluding hydrogens is 115 g/mol. The summed E-state index contributed by atoms with van der Waals surface area (Å²) in [6.45, 7) is 0.733. The van der Waals surface area contributed by atoms with Crippen LogP contribution in [0.15, 0.2) is 0 Å². The summed E-state index contributed by atoms with van der Waals surface area (Å²) in [5.74, 6) is 0. The largest absolute Gasteiger partial charge is 0.396 e. The van der Waals surface area contributed by atoms with Crippen LogP contribution >= 0.6 is 11.6 Å². The van der Waals surface area contributed by atoms with Crippen LogP contribution in [0.25, 0.3) is 0 Å². The molecule has 0 spiro atoms. The van der Waals surface area contributed by atoms with E-state index in [9.17, 15) is 0 Å². The van der Waals surface area contributed by atoms with Gasteiger partial charge in [0.15, 0.2) is 0 Å². The molecule has 1 N–H and O–H groups in total. The topological polar surface area (TPSA) is 29.5 Å². The maximum absolute atomic E-state index is 8.17. The molecule has 0 aromatic heterocycles. The monoisotopic (exact) mass is 124 g/mol. The molecule has 0 heterocycles. The number of aliphatic hydroxyl groups excluding tert-OH is 1. The van der Waals surface area contributed by atoms with E-state index in [2.05, 4.69) is 4.74 Å². The summed E-state index contributed by atoms with van der Waals surface area (Å²) in [7, 11) is 0. The van der Waals surface area contributed by atoms with Crippen molar-refractivity contribution in [2.75, 3.05) is 19.3 Å². The van der Waals surface area contributed by atoms with Gasteiger partial charge in [0.25, 0.3) is 0 Å². The molecule has 0 atom stereocenters. The molecular formula is C4H9ClO2. The lowest BCUT2D eigenvalue weighted by atomic mass is 10.5. The Morgan fingerprint density at radius 1 is 1.57 bits per heavy atom. The molecule has 0 radical (unpaired) electrons. The molecule has 0 aliphatic heterocycles. The predicted octanol–water partition coefficient (Wildman–Crippen LogP) is 0.582. The fourth-order valence-electron chi connectivity index (χ4n) is 0.221. The molecule has 0 saturated carbocycles. The van der Waals surface area contributed by atoms with Gasteiger partial charge in [-0.3, -0.25) is 0 Å². The van der Waals surface area contributed by atoms with Crippen molar-refractivity contribution in [2.45, 2.75) is 6.42 Å². The van der Waals surface area contributed by atoms with E-state index in [0.717, 1.165) is 0 Å². The van der Waals surface area contributed by atoms with E-state index in [-0.39, 0.29) is 12.7 Å². The van der Waals surface area contributed by atoms with E-state index in [1.165, 1.54) is 0 Å². The highest BCUT2D eigenvalue weighted by Gasteiger charge is 1.80. The normalized spacial score (nSPS) is 9.43. The molecule has 0 amide bonds. The lowest BCUT2D eigenvalue weighted by molar-refractivity contribution is 0.152. The Labute approximate surface area is 48.0 Å². The van der Waals surface area contributed by atoms with Gasteiger partial charge in [-0.25, -0.2) is 0 Å². The van der Waals surface area contributed by atoms with Crippen LogP contribution in [-0.2, 0) is 4.74 Å². The van der Waals surface area contributed by atoms with Gasteiger partial charge in [-0.15, -0.1) is 0 Å². The summed E-state index contributed by atoms with van der Waals surface area (Å²) in [6.07, 6.45) is 0.673. The number of rotatable bonds is 4. The molecule has 0 aromatic rings. The minimum Gasteiger partial charge on any atom is -0.396 e. The van der Waals surface area contributed by atoms with E-state index in [4.69, 9.17) is 16.7 Å². The number of halogens is 1. The summed E-state index contributed by atoms with van der Waals surface area (Å²) >= 11 is 5.13. The van der Waals surface area contributed by atoms with E-state index in [0.29, 0.717) is 13.0 Å². The standard InChI is InChI=1S/C4H9ClO2/c5-4-7-3-1-2-6/h6H,1-4H2. The second kappa shape index (κ2) is 6.21. The Morgan fingerprint density at radius 2 is 2.29 bits per heavy atom. The molecule has 0 fully saturated rings. The van der Waals surface area contributed by atoms with Crippen molar-refractivity contribution in [3.05, 3.63) is 0 Å². The molecule has 2 nitrogen and oxygen atoms in total. The average Bonchev–Trinajstić information content (AvgIpc) is 1.69. The first-order valence-corrected chi connectivity index (χ1v) is 2.70. The molecule has 0 unspecified atom stereocenters. The van der Waals surface area contributed by atoms with Crippen LogP contribution in [0.1, 0.15) is 6.42 Å². The molecule has 3 heteroatoms. The highest BCUT2D eigenvalue weighted by Crippen LogP contribution is 1.81. The van der Waals surface area contributed by atoms with Gasteiger partial charge < -0.3 is 9.84 Å². The fourth-order valence-corrected chi connectivity index (χ4v) is 0.330. The van der Waals surface area contributed by atoms with Crippen LogP contribution < -0.4 is 0 Å². The average molecular weight is 125 g/mol. The van der Waals surface area contributed by atoms with E-state index in [1.54, 1.807) is 0 Å². The first kappa shape index (κ1) is 7.21. The third kappa shape index (κ3) is 6.21. The first-order chi connectivity index (χ1) is 3.41. The van der Waals surface area contributed by atoms with Gasteiger partial charge >= 0.3 is 0 Å². The third-order valence-corrected chi connectivity index (χ3v) is 0.678. The highest BCUT2D eigenvalue weighted by molar-refractivity contribution is 6.17. The number of aliphatic hydroxyl groups is 1. The molecule has 0 rings (SSSR count). The molecule has 0 aliphatic rings. The van der Waals surface area contributed by atoms with Crippen LogP contribution in [-0.4, -0.2) is 24.4 Å². The Hall–Kier alpha value is 0.210. The smallest absolute Gasteiger partial charge is 0.120 e. The summed E-state index contributed by atoms with van der Waals surface area (Å²) in [5, 5.41) is 8.17. The zero-order valence-electron chi connectivity index (χ0n) is 4.06. The summed E-state index contributed by atoms with van der Waals surface area (Å²) < 4.78 is 4.68. The van der Waals surface area contributed by atoms with Crippen molar-refractivity contribution >= 4 is 11.6 Å². The van der Waals surface area contributed by atoms with Crippen molar-refractivity contribution in [1.29, 1.82) is 0 Å². The van der Waals surface area contributed by atoms with Crippen molar-refractivity contribution in [3.8, 4) is 0 Å². The van der Waals surface area contributed by atoms with Gasteiger partial charge in [0.2, 0.25) is 0 Å². The SMILES string of the molecule is OCCCOCCl. The summed E-state index contributed by atoms with van der Waals surface area (Å²) in [5.41, 5.74) is 0. The summed E-state index contributed by atoms with van der Waals surface area (Å²) in [6, 6.07) is 0.222. The van der Waals surface area contributed by atoms with Gasteiger partial charge in [0.1, 0.15) is 6.07 Å². The summed E-state index contributed by atoms with van der Waals surface area (Å²) in [4.78, 5) is 0. The maximum atomic E-state index is 8.17. The zero-order chi connectivity index (χ0) is 5.54. The van der Waals surface area contributed by atoms with Crippen molar-refractivity contribution in [2.24, 2.45) is 0 Å². The second-order valence-corrected chi connectivity index (χ2v) is 1.31. The number of ether oxygens (including phenoxy) is 1. The second-order valence-electron chi connectivity index (χ2n) is 1.09. The minimum absolute atomic E-state index is 0.177. The Bertz CT molecular complexity index is 28.9. The Balaban J connectivity index is 2.45. The number of hydrogen-bond donors (Lipinski definition) is 1. The van der Waals surface area contributed by atoms with E-state index >= 15 is 0 Å². The van der Waals surface area contributed by atoms with E-state index < -0.39 is 0 Å². The lowest BCUT2D eigenvalue weighted by Gasteiger charge is -1.93. The Kier molecular flexibility index (Phi) is 6.40. The molecule has 44 valence electrons. The van der Waals surface area contributed by atoms with Crippen LogP contribution in [0.5, 0.6) is 0 Å². The van der Waals surface area contributed by atoms with Gasteiger partial charge in [-0.05, 0) is 6.42 Å². The molecule has 0 bridgehead atoms. The van der Waals surface area contributed by atoms with Gasteiger partial charge in [-0.1, -0.05) is 11.6 Å². The molecule has 0 aromatic carbocycles. The van der Waals surface area contributed by atoms with Crippen molar-refractivity contribution in [1.82, 2.24) is 0 Å².